The van der Waals surface area contributed by atoms with Gasteiger partial charge >= 0.3 is 5.97 Å². The van der Waals surface area contributed by atoms with Gasteiger partial charge in [-0.15, -0.1) is 0 Å². The second kappa shape index (κ2) is 7.26. The van der Waals surface area contributed by atoms with E-state index >= 15 is 0 Å². The fourth-order valence-corrected chi connectivity index (χ4v) is 3.75. The molecule has 2 aromatic rings. The lowest BCUT2D eigenvalue weighted by Gasteiger charge is -2.15. The Labute approximate surface area is 158 Å². The Morgan fingerprint density at radius 3 is 2.38 bits per heavy atom. The summed E-state index contributed by atoms with van der Waals surface area (Å²) in [7, 11) is -0.872. The lowest BCUT2D eigenvalue weighted by Crippen LogP contribution is -2.22. The summed E-state index contributed by atoms with van der Waals surface area (Å²) in [5, 5.41) is 12.6. The Morgan fingerprint density at radius 1 is 1.17 bits per heavy atom. The Balaban J connectivity index is 2.56. The highest BCUT2D eigenvalue weighted by Crippen LogP contribution is 2.30. The van der Waals surface area contributed by atoms with Crippen LogP contribution in [0.15, 0.2) is 41.3 Å². The van der Waals surface area contributed by atoms with Gasteiger partial charge in [0.15, 0.2) is 0 Å². The third kappa shape index (κ3) is 4.00. The molecule has 2 aromatic carbocycles. The Bertz CT molecular complexity index is 900. The van der Waals surface area contributed by atoms with E-state index in [-0.39, 0.29) is 16.1 Å². The van der Waals surface area contributed by atoms with Crippen molar-refractivity contribution in [3.63, 3.8) is 0 Å². The van der Waals surface area contributed by atoms with Crippen LogP contribution in [0, 0.1) is 3.57 Å². The molecule has 24 heavy (non-hydrogen) atoms. The average Bonchev–Trinajstić information content (AvgIpc) is 2.49. The summed E-state index contributed by atoms with van der Waals surface area (Å²) in [5.74, 6) is -1.17. The number of carboxylic acids is 1. The number of carbonyl (C=O) groups is 1. The molecule has 6 nitrogen and oxygen atoms in total. The van der Waals surface area contributed by atoms with E-state index in [0.717, 1.165) is 7.88 Å². The van der Waals surface area contributed by atoms with E-state index in [1.54, 1.807) is 18.2 Å². The second-order valence-corrected chi connectivity index (χ2v) is 8.85. The van der Waals surface area contributed by atoms with Crippen molar-refractivity contribution in [2.24, 2.45) is 0 Å². The van der Waals surface area contributed by atoms with Crippen molar-refractivity contribution in [1.82, 2.24) is 4.31 Å². The van der Waals surface area contributed by atoms with Crippen LogP contribution in [0.3, 0.4) is 0 Å². The zero-order valence-electron chi connectivity index (χ0n) is 12.7. The predicted octanol–water partition coefficient (Wildman–Crippen LogP) is 3.64. The quantitative estimate of drug-likeness (QED) is 0.638. The first-order valence-corrected chi connectivity index (χ1v) is 9.54. The van der Waals surface area contributed by atoms with Crippen LogP contribution in [0.4, 0.5) is 11.4 Å². The standard InChI is InChI=1S/C15H14ClIN2O4S/c1-19(2)24(22,23)10-4-5-11(15(20)21)14(8-10)18-13-6-3-9(17)7-12(13)16/h3-8,18H,1-2H3,(H,20,21). The summed E-state index contributed by atoms with van der Waals surface area (Å²) < 4.78 is 26.5. The molecule has 0 heterocycles. The molecule has 2 rings (SSSR count). The number of aromatic carboxylic acids is 1. The van der Waals surface area contributed by atoms with Gasteiger partial charge in [-0.05, 0) is 59.0 Å². The summed E-state index contributed by atoms with van der Waals surface area (Å²) >= 11 is 8.25. The summed E-state index contributed by atoms with van der Waals surface area (Å²) in [6.07, 6.45) is 0. The van der Waals surface area contributed by atoms with E-state index in [1.165, 1.54) is 32.3 Å². The first kappa shape index (κ1) is 19.0. The highest BCUT2D eigenvalue weighted by atomic mass is 127. The highest BCUT2D eigenvalue weighted by molar-refractivity contribution is 14.1. The molecular formula is C15H14ClIN2O4S. The summed E-state index contributed by atoms with van der Waals surface area (Å²) in [6, 6.07) is 9.01. The van der Waals surface area contributed by atoms with Gasteiger partial charge in [0, 0.05) is 17.7 Å². The Hall–Kier alpha value is -1.36. The first-order valence-electron chi connectivity index (χ1n) is 6.65. The van der Waals surface area contributed by atoms with Crippen molar-refractivity contribution in [3.8, 4) is 0 Å². The van der Waals surface area contributed by atoms with Gasteiger partial charge in [0.05, 0.1) is 26.9 Å². The van der Waals surface area contributed by atoms with E-state index in [4.69, 9.17) is 11.6 Å². The van der Waals surface area contributed by atoms with E-state index < -0.39 is 16.0 Å². The van der Waals surface area contributed by atoms with Gasteiger partial charge in [0.25, 0.3) is 0 Å². The molecule has 128 valence electrons. The van der Waals surface area contributed by atoms with E-state index in [9.17, 15) is 18.3 Å². The van der Waals surface area contributed by atoms with Crippen LogP contribution in [0.1, 0.15) is 10.4 Å². The summed E-state index contributed by atoms with van der Waals surface area (Å²) in [4.78, 5) is 11.4. The van der Waals surface area contributed by atoms with Gasteiger partial charge in [0.1, 0.15) is 0 Å². The largest absolute Gasteiger partial charge is 0.478 e. The maximum absolute atomic E-state index is 12.3. The van der Waals surface area contributed by atoms with Gasteiger partial charge in [0.2, 0.25) is 10.0 Å². The lowest BCUT2D eigenvalue weighted by atomic mass is 10.1. The predicted molar refractivity (Wildman–Crippen MR) is 102 cm³/mol. The van der Waals surface area contributed by atoms with Crippen LogP contribution in [-0.2, 0) is 10.0 Å². The van der Waals surface area contributed by atoms with Gasteiger partial charge in [-0.25, -0.2) is 17.5 Å². The molecular weight excluding hydrogens is 467 g/mol. The molecule has 0 atom stereocenters. The molecule has 0 spiro atoms. The molecule has 0 radical (unpaired) electrons. The molecule has 2 N–H and O–H groups in total. The van der Waals surface area contributed by atoms with Crippen LogP contribution >= 0.6 is 34.2 Å². The number of nitrogens with zero attached hydrogens (tertiary/aromatic N) is 1. The van der Waals surface area contributed by atoms with E-state index in [2.05, 4.69) is 27.9 Å². The molecule has 9 heteroatoms. The minimum atomic E-state index is -3.68. The molecule has 0 aliphatic rings. The molecule has 0 amide bonds. The summed E-state index contributed by atoms with van der Waals surface area (Å²) in [6.45, 7) is 0. The molecule has 0 unspecified atom stereocenters. The molecule has 0 bridgehead atoms. The van der Waals surface area contributed by atoms with Gasteiger partial charge in [-0.1, -0.05) is 11.6 Å². The maximum Gasteiger partial charge on any atom is 0.337 e. The van der Waals surface area contributed by atoms with Crippen molar-refractivity contribution in [2.75, 3.05) is 19.4 Å². The van der Waals surface area contributed by atoms with Gasteiger partial charge in [-0.3, -0.25) is 0 Å². The van der Waals surface area contributed by atoms with Crippen LogP contribution in [-0.4, -0.2) is 37.9 Å². The number of nitrogens with one attached hydrogen (secondary N) is 1. The SMILES string of the molecule is CN(C)S(=O)(=O)c1ccc(C(=O)O)c(Nc2ccc(I)cc2Cl)c1. The van der Waals surface area contributed by atoms with Crippen molar-refractivity contribution in [3.05, 3.63) is 50.6 Å². The topological polar surface area (TPSA) is 86.7 Å². The normalized spacial score (nSPS) is 11.5. The number of halogens is 2. The molecule has 0 aliphatic carbocycles. The van der Waals surface area contributed by atoms with Crippen LogP contribution < -0.4 is 5.32 Å². The fourth-order valence-electron chi connectivity index (χ4n) is 1.92. The zero-order valence-corrected chi connectivity index (χ0v) is 16.5. The van der Waals surface area contributed by atoms with Crippen molar-refractivity contribution < 1.29 is 18.3 Å². The third-order valence-corrected chi connectivity index (χ3v) is 6.00. The Morgan fingerprint density at radius 2 is 1.83 bits per heavy atom. The van der Waals surface area contributed by atoms with Crippen LogP contribution in [0.5, 0.6) is 0 Å². The second-order valence-electron chi connectivity index (χ2n) is 5.05. The van der Waals surface area contributed by atoms with Crippen molar-refractivity contribution in [2.45, 2.75) is 4.90 Å². The number of rotatable bonds is 5. The monoisotopic (exact) mass is 480 g/mol. The Kier molecular flexibility index (Phi) is 5.74. The smallest absolute Gasteiger partial charge is 0.337 e. The summed E-state index contributed by atoms with van der Waals surface area (Å²) in [5.41, 5.74) is 0.579. The molecule has 0 aliphatic heterocycles. The number of sulfonamides is 1. The van der Waals surface area contributed by atoms with Gasteiger partial charge < -0.3 is 10.4 Å². The number of hydrogen-bond donors (Lipinski definition) is 2. The minimum absolute atomic E-state index is 0.0124. The van der Waals surface area contributed by atoms with Gasteiger partial charge in [-0.2, -0.15) is 0 Å². The highest BCUT2D eigenvalue weighted by Gasteiger charge is 2.21. The fraction of sp³-hybridized carbons (Fsp3) is 0.133. The first-order chi connectivity index (χ1) is 11.1. The number of carboxylic acid groups (broad SMARTS) is 1. The van der Waals surface area contributed by atoms with E-state index in [1.807, 2.05) is 0 Å². The van der Waals surface area contributed by atoms with Crippen LogP contribution in [0.25, 0.3) is 0 Å². The zero-order chi connectivity index (χ0) is 18.1. The number of hydrogen-bond acceptors (Lipinski definition) is 4. The van der Waals surface area contributed by atoms with Crippen LogP contribution in [0.2, 0.25) is 5.02 Å². The molecule has 0 saturated heterocycles. The molecule has 0 aromatic heterocycles. The van der Waals surface area contributed by atoms with E-state index in [0.29, 0.717) is 10.7 Å². The van der Waals surface area contributed by atoms with Crippen molar-refractivity contribution in [1.29, 1.82) is 0 Å². The molecule has 0 fully saturated rings. The van der Waals surface area contributed by atoms with Crippen molar-refractivity contribution >= 4 is 61.6 Å². The minimum Gasteiger partial charge on any atom is -0.478 e. The lowest BCUT2D eigenvalue weighted by molar-refractivity contribution is 0.0698. The average molecular weight is 481 g/mol. The molecule has 0 saturated carbocycles. The maximum atomic E-state index is 12.3. The number of benzene rings is 2. The number of anilines is 2. The third-order valence-electron chi connectivity index (χ3n) is 3.20.